The molecule has 1 N–H and O–H groups in total. The fourth-order valence-corrected chi connectivity index (χ4v) is 2.37. The van der Waals surface area contributed by atoms with Crippen LogP contribution in [0.5, 0.6) is 0 Å². The molecule has 0 saturated heterocycles. The van der Waals surface area contributed by atoms with Crippen molar-refractivity contribution < 1.29 is 9.21 Å². The summed E-state index contributed by atoms with van der Waals surface area (Å²) < 4.78 is 5.46. The minimum absolute atomic E-state index is 0.0694. The zero-order valence-electron chi connectivity index (χ0n) is 14.2. The molecule has 0 aliphatic carbocycles. The lowest BCUT2D eigenvalue weighted by Crippen LogP contribution is -2.25. The number of nitrogens with zero attached hydrogens (tertiary/aromatic N) is 5. The van der Waals surface area contributed by atoms with Gasteiger partial charge in [-0.3, -0.25) is 4.79 Å². The summed E-state index contributed by atoms with van der Waals surface area (Å²) in [6.07, 6.45) is 0. The van der Waals surface area contributed by atoms with Gasteiger partial charge in [-0.2, -0.15) is 9.90 Å². The highest BCUT2D eigenvalue weighted by atomic mass is 16.3. The largest absolute Gasteiger partial charge is 0.466 e. The Bertz CT molecular complexity index is 910. The van der Waals surface area contributed by atoms with Gasteiger partial charge in [0.1, 0.15) is 18.1 Å². The Morgan fingerprint density at radius 1 is 1.28 bits per heavy atom. The van der Waals surface area contributed by atoms with Crippen molar-refractivity contribution >= 4 is 11.6 Å². The van der Waals surface area contributed by atoms with Gasteiger partial charge in [0.05, 0.1) is 5.71 Å². The first-order chi connectivity index (χ1) is 12.0. The van der Waals surface area contributed by atoms with Crippen molar-refractivity contribution in [3.63, 3.8) is 0 Å². The van der Waals surface area contributed by atoms with Gasteiger partial charge >= 0.3 is 0 Å². The van der Waals surface area contributed by atoms with E-state index in [-0.39, 0.29) is 12.5 Å². The first kappa shape index (κ1) is 16.6. The van der Waals surface area contributed by atoms with Crippen LogP contribution in [0.2, 0.25) is 0 Å². The van der Waals surface area contributed by atoms with Crippen LogP contribution in [0.1, 0.15) is 24.0 Å². The highest BCUT2D eigenvalue weighted by Gasteiger charge is 2.10. The SMILES string of the molecule is C/C(=N/NC(=O)Cn1nnc(-c2ccccc2)n1)c1cc(C)oc1C. The van der Waals surface area contributed by atoms with Gasteiger partial charge in [0, 0.05) is 11.1 Å². The van der Waals surface area contributed by atoms with E-state index in [4.69, 9.17) is 4.42 Å². The lowest BCUT2D eigenvalue weighted by Gasteiger charge is -2.01. The van der Waals surface area contributed by atoms with Crippen molar-refractivity contribution in [1.82, 2.24) is 25.6 Å². The third kappa shape index (κ3) is 3.97. The second-order valence-electron chi connectivity index (χ2n) is 5.57. The molecule has 3 rings (SSSR count). The van der Waals surface area contributed by atoms with Gasteiger partial charge in [0.25, 0.3) is 5.91 Å². The molecule has 0 bridgehead atoms. The standard InChI is InChI=1S/C17H18N6O2/c1-11-9-15(13(3)25-11)12(2)18-19-16(24)10-23-21-17(20-22-23)14-7-5-4-6-8-14/h4-9H,10H2,1-3H3,(H,19,24)/b18-12-. The molecule has 25 heavy (non-hydrogen) atoms. The van der Waals surface area contributed by atoms with Gasteiger partial charge in [-0.05, 0) is 32.1 Å². The molecule has 0 fully saturated rings. The van der Waals surface area contributed by atoms with Crippen LogP contribution in [0.25, 0.3) is 11.4 Å². The lowest BCUT2D eigenvalue weighted by molar-refractivity contribution is -0.122. The van der Waals surface area contributed by atoms with Gasteiger partial charge in [-0.1, -0.05) is 30.3 Å². The smallest absolute Gasteiger partial charge is 0.263 e. The highest BCUT2D eigenvalue weighted by molar-refractivity contribution is 6.00. The highest BCUT2D eigenvalue weighted by Crippen LogP contribution is 2.14. The summed E-state index contributed by atoms with van der Waals surface area (Å²) in [6.45, 7) is 5.45. The number of tetrazole rings is 1. The third-order valence-electron chi connectivity index (χ3n) is 3.55. The normalized spacial score (nSPS) is 11.6. The number of amides is 1. The van der Waals surface area contributed by atoms with Crippen LogP contribution in [0.15, 0.2) is 45.9 Å². The van der Waals surface area contributed by atoms with E-state index in [2.05, 4.69) is 25.9 Å². The zero-order valence-corrected chi connectivity index (χ0v) is 14.2. The van der Waals surface area contributed by atoms with Crippen LogP contribution in [0.4, 0.5) is 0 Å². The maximum Gasteiger partial charge on any atom is 0.263 e. The van der Waals surface area contributed by atoms with Crippen LogP contribution in [-0.2, 0) is 11.3 Å². The van der Waals surface area contributed by atoms with Crippen LogP contribution >= 0.6 is 0 Å². The molecule has 8 nitrogen and oxygen atoms in total. The van der Waals surface area contributed by atoms with Crippen molar-refractivity contribution in [3.05, 3.63) is 53.5 Å². The maximum atomic E-state index is 12.0. The van der Waals surface area contributed by atoms with E-state index in [0.29, 0.717) is 11.5 Å². The molecule has 0 radical (unpaired) electrons. The number of benzene rings is 1. The second kappa shape index (κ2) is 7.08. The van der Waals surface area contributed by atoms with E-state index >= 15 is 0 Å². The number of hydrazone groups is 1. The second-order valence-corrected chi connectivity index (χ2v) is 5.57. The molecule has 3 aromatic rings. The number of furan rings is 1. The minimum atomic E-state index is -0.339. The van der Waals surface area contributed by atoms with E-state index in [1.807, 2.05) is 50.2 Å². The van der Waals surface area contributed by atoms with E-state index in [0.717, 1.165) is 22.6 Å². The molecule has 128 valence electrons. The van der Waals surface area contributed by atoms with Gasteiger partial charge in [0.15, 0.2) is 0 Å². The average molecular weight is 338 g/mol. The van der Waals surface area contributed by atoms with Gasteiger partial charge < -0.3 is 4.42 Å². The quantitative estimate of drug-likeness (QED) is 0.567. The van der Waals surface area contributed by atoms with Crippen LogP contribution < -0.4 is 5.43 Å². The fraction of sp³-hybridized carbons (Fsp3) is 0.235. The number of rotatable bonds is 5. The maximum absolute atomic E-state index is 12.0. The Labute approximate surface area is 144 Å². The van der Waals surface area contributed by atoms with Crippen molar-refractivity contribution in [2.45, 2.75) is 27.3 Å². The monoisotopic (exact) mass is 338 g/mol. The van der Waals surface area contributed by atoms with Crippen molar-refractivity contribution in [1.29, 1.82) is 0 Å². The molecular formula is C17H18N6O2. The summed E-state index contributed by atoms with van der Waals surface area (Å²) in [6, 6.07) is 11.3. The summed E-state index contributed by atoms with van der Waals surface area (Å²) >= 11 is 0. The predicted octanol–water partition coefficient (Wildman–Crippen LogP) is 2.09. The Balaban J connectivity index is 1.62. The topological polar surface area (TPSA) is 98.2 Å². The zero-order chi connectivity index (χ0) is 17.8. The van der Waals surface area contributed by atoms with Crippen molar-refractivity contribution in [2.24, 2.45) is 5.10 Å². The van der Waals surface area contributed by atoms with Crippen LogP contribution in [0.3, 0.4) is 0 Å². The molecule has 0 aliphatic rings. The third-order valence-corrected chi connectivity index (χ3v) is 3.55. The number of aryl methyl sites for hydroxylation is 2. The first-order valence-electron chi connectivity index (χ1n) is 7.76. The summed E-state index contributed by atoms with van der Waals surface area (Å²) in [5, 5.41) is 16.1. The number of carbonyl (C=O) groups excluding carboxylic acids is 1. The molecule has 2 aromatic heterocycles. The van der Waals surface area contributed by atoms with Crippen LogP contribution in [-0.4, -0.2) is 31.8 Å². The van der Waals surface area contributed by atoms with Gasteiger partial charge in [-0.25, -0.2) is 5.43 Å². The molecule has 8 heteroatoms. The first-order valence-corrected chi connectivity index (χ1v) is 7.76. The molecule has 0 unspecified atom stereocenters. The van der Waals surface area contributed by atoms with E-state index in [1.54, 1.807) is 6.92 Å². The van der Waals surface area contributed by atoms with E-state index in [9.17, 15) is 4.79 Å². The van der Waals surface area contributed by atoms with Crippen LogP contribution in [0, 0.1) is 13.8 Å². The summed E-state index contributed by atoms with van der Waals surface area (Å²) in [4.78, 5) is 13.2. The molecular weight excluding hydrogens is 320 g/mol. The van der Waals surface area contributed by atoms with Gasteiger partial charge in [-0.15, -0.1) is 10.2 Å². The Morgan fingerprint density at radius 3 is 2.72 bits per heavy atom. The van der Waals surface area contributed by atoms with E-state index < -0.39 is 0 Å². The Morgan fingerprint density at radius 2 is 2.04 bits per heavy atom. The van der Waals surface area contributed by atoms with Crippen molar-refractivity contribution in [3.8, 4) is 11.4 Å². The molecule has 0 spiro atoms. The molecule has 1 amide bonds. The number of carbonyl (C=O) groups is 1. The number of hydrogen-bond donors (Lipinski definition) is 1. The Kier molecular flexibility index (Phi) is 4.69. The summed E-state index contributed by atoms with van der Waals surface area (Å²) in [5.41, 5.74) is 4.87. The number of hydrogen-bond acceptors (Lipinski definition) is 6. The Hall–Kier alpha value is -3.29. The molecule has 0 saturated carbocycles. The molecule has 1 aromatic carbocycles. The molecule has 2 heterocycles. The average Bonchev–Trinajstić information content (AvgIpc) is 3.19. The number of nitrogens with one attached hydrogen (secondary N) is 1. The summed E-state index contributed by atoms with van der Waals surface area (Å²) in [5.74, 6) is 1.69. The lowest BCUT2D eigenvalue weighted by atomic mass is 10.2. The predicted molar refractivity (Wildman–Crippen MR) is 91.8 cm³/mol. The van der Waals surface area contributed by atoms with Crippen molar-refractivity contribution in [2.75, 3.05) is 0 Å². The summed E-state index contributed by atoms with van der Waals surface area (Å²) in [7, 11) is 0. The molecule has 0 atom stereocenters. The van der Waals surface area contributed by atoms with E-state index in [1.165, 1.54) is 4.80 Å². The fourth-order valence-electron chi connectivity index (χ4n) is 2.37. The van der Waals surface area contributed by atoms with Gasteiger partial charge in [0.2, 0.25) is 5.82 Å². The number of aromatic nitrogens is 4. The minimum Gasteiger partial charge on any atom is -0.466 e. The molecule has 0 aliphatic heterocycles.